The molecule has 2 N–H and O–H groups in total. The molecule has 0 radical (unpaired) electrons. The van der Waals surface area contributed by atoms with Gasteiger partial charge < -0.3 is 15.0 Å². The number of aromatic amines is 1. The number of methoxy groups -OCH3 is 1. The van der Waals surface area contributed by atoms with Crippen LogP contribution in [0.15, 0.2) is 12.1 Å². The molecule has 1 aromatic carbocycles. The van der Waals surface area contributed by atoms with E-state index in [1.165, 1.54) is 11.1 Å². The van der Waals surface area contributed by atoms with Crippen molar-refractivity contribution in [1.29, 1.82) is 0 Å². The van der Waals surface area contributed by atoms with E-state index in [2.05, 4.69) is 60.0 Å². The number of hydrogen-bond donors (Lipinski definition) is 2. The summed E-state index contributed by atoms with van der Waals surface area (Å²) in [5, 5.41) is 3.14. The van der Waals surface area contributed by atoms with Crippen LogP contribution in [-0.2, 0) is 16.0 Å². The van der Waals surface area contributed by atoms with Crippen LogP contribution in [0.1, 0.15) is 37.2 Å². The van der Waals surface area contributed by atoms with Crippen molar-refractivity contribution >= 4 is 16.9 Å². The first-order valence-electron chi connectivity index (χ1n) is 9.39. The minimum absolute atomic E-state index is 0.0514. The van der Waals surface area contributed by atoms with Gasteiger partial charge in [0, 0.05) is 39.1 Å². The summed E-state index contributed by atoms with van der Waals surface area (Å²) in [5.74, 6) is 0.911. The smallest absolute Gasteiger partial charge is 0.220 e. The molecule has 0 saturated carbocycles. The van der Waals surface area contributed by atoms with Crippen LogP contribution >= 0.6 is 0 Å². The molecule has 1 aliphatic rings. The molecule has 1 fully saturated rings. The number of nitrogens with zero attached hydrogens (tertiary/aromatic N) is 2. The first-order chi connectivity index (χ1) is 12.4. The Balaban J connectivity index is 1.57. The number of carbonyl (C=O) groups excluding carboxylic acids is 1. The van der Waals surface area contributed by atoms with Crippen molar-refractivity contribution in [3.05, 3.63) is 29.1 Å². The number of amides is 1. The third kappa shape index (κ3) is 4.07. The number of hydrogen-bond acceptors (Lipinski definition) is 4. The Morgan fingerprint density at radius 3 is 2.77 bits per heavy atom. The molecule has 3 rings (SSSR count). The fourth-order valence-electron chi connectivity index (χ4n) is 3.55. The molecule has 1 amide bonds. The maximum Gasteiger partial charge on any atom is 0.220 e. The lowest BCUT2D eigenvalue weighted by molar-refractivity contribution is -0.122. The second-order valence-corrected chi connectivity index (χ2v) is 7.63. The number of likely N-dealkylation sites (tertiary alicyclic amines) is 1. The third-order valence-electron chi connectivity index (χ3n) is 5.41. The first-order valence-corrected chi connectivity index (χ1v) is 9.39. The van der Waals surface area contributed by atoms with Crippen molar-refractivity contribution in [3.63, 3.8) is 0 Å². The molecular formula is C20H30N4O2. The predicted octanol–water partition coefficient (Wildman–Crippen LogP) is 2.34. The minimum Gasteiger partial charge on any atom is -0.378 e. The van der Waals surface area contributed by atoms with Crippen LogP contribution in [0.3, 0.4) is 0 Å². The van der Waals surface area contributed by atoms with Gasteiger partial charge in [0.05, 0.1) is 23.2 Å². The molecule has 2 atom stereocenters. The van der Waals surface area contributed by atoms with Gasteiger partial charge in [-0.1, -0.05) is 0 Å². The number of imidazole rings is 1. The lowest BCUT2D eigenvalue weighted by Gasteiger charge is -2.20. The molecule has 1 saturated heterocycles. The molecule has 0 spiro atoms. The number of nitrogens with one attached hydrogen (secondary N) is 2. The molecule has 2 aromatic rings. The summed E-state index contributed by atoms with van der Waals surface area (Å²) < 4.78 is 5.56. The van der Waals surface area contributed by atoms with E-state index in [0.29, 0.717) is 18.9 Å². The lowest BCUT2D eigenvalue weighted by Crippen LogP contribution is -2.43. The van der Waals surface area contributed by atoms with Gasteiger partial charge >= 0.3 is 0 Å². The molecule has 2 heterocycles. The monoisotopic (exact) mass is 358 g/mol. The molecule has 6 heteroatoms. The zero-order valence-corrected chi connectivity index (χ0v) is 16.4. The Bertz CT molecular complexity index is 744. The normalized spacial score (nSPS) is 21.0. The second kappa shape index (κ2) is 7.76. The van der Waals surface area contributed by atoms with Crippen molar-refractivity contribution in [2.45, 2.75) is 58.7 Å². The summed E-state index contributed by atoms with van der Waals surface area (Å²) in [6.45, 7) is 10.2. The number of aromatic nitrogens is 2. The zero-order valence-electron chi connectivity index (χ0n) is 16.4. The molecular weight excluding hydrogens is 328 g/mol. The highest BCUT2D eigenvalue weighted by atomic mass is 16.5. The molecule has 26 heavy (non-hydrogen) atoms. The molecule has 0 bridgehead atoms. The molecule has 142 valence electrons. The number of benzene rings is 1. The summed E-state index contributed by atoms with van der Waals surface area (Å²) >= 11 is 0. The van der Waals surface area contributed by atoms with Crippen LogP contribution in [0.25, 0.3) is 11.0 Å². The summed E-state index contributed by atoms with van der Waals surface area (Å²) in [6, 6.07) is 4.71. The van der Waals surface area contributed by atoms with Crippen LogP contribution < -0.4 is 5.32 Å². The van der Waals surface area contributed by atoms with Gasteiger partial charge in [0.15, 0.2) is 0 Å². The largest absolute Gasteiger partial charge is 0.378 e. The summed E-state index contributed by atoms with van der Waals surface area (Å²) in [5.41, 5.74) is 4.47. The fourth-order valence-corrected chi connectivity index (χ4v) is 3.55. The lowest BCUT2D eigenvalue weighted by atomic mass is 10.1. The molecule has 1 aliphatic heterocycles. The van der Waals surface area contributed by atoms with E-state index in [9.17, 15) is 4.79 Å². The highest BCUT2D eigenvalue weighted by Gasteiger charge is 2.34. The quantitative estimate of drug-likeness (QED) is 0.831. The SMILES string of the molecule is CO[C@H]1CN(C(C)C)C[C@@H]1NC(=O)CCc1nc2cc(C)c(C)cc2[nH]1. The number of rotatable bonds is 6. The van der Waals surface area contributed by atoms with Crippen molar-refractivity contribution in [2.24, 2.45) is 0 Å². The second-order valence-electron chi connectivity index (χ2n) is 7.63. The molecule has 6 nitrogen and oxygen atoms in total. The van der Waals surface area contributed by atoms with Crippen molar-refractivity contribution in [2.75, 3.05) is 20.2 Å². The topological polar surface area (TPSA) is 70.2 Å². The first kappa shape index (κ1) is 18.9. The van der Waals surface area contributed by atoms with Crippen LogP contribution in [0, 0.1) is 13.8 Å². The Morgan fingerprint density at radius 2 is 2.08 bits per heavy atom. The standard InChI is InChI=1S/C20H30N4O2/c1-12(2)24-10-17(18(11-24)26-5)23-20(25)7-6-19-21-15-8-13(3)14(4)9-16(15)22-19/h8-9,12,17-18H,6-7,10-11H2,1-5H3,(H,21,22)(H,23,25)/t17-,18-/m0/s1. The van der Waals surface area contributed by atoms with Gasteiger partial charge in [-0.25, -0.2) is 4.98 Å². The van der Waals surface area contributed by atoms with Crippen molar-refractivity contribution in [3.8, 4) is 0 Å². The number of ether oxygens (including phenoxy) is 1. The van der Waals surface area contributed by atoms with Crippen LogP contribution in [-0.4, -0.2) is 59.2 Å². The number of carbonyl (C=O) groups is 1. The Kier molecular flexibility index (Phi) is 5.63. The van der Waals surface area contributed by atoms with Crippen LogP contribution in [0.2, 0.25) is 0 Å². The van der Waals surface area contributed by atoms with Gasteiger partial charge in [0.25, 0.3) is 0 Å². The number of fused-ring (bicyclic) bond motifs is 1. The van der Waals surface area contributed by atoms with Gasteiger partial charge in [0.2, 0.25) is 5.91 Å². The number of H-pyrrole nitrogens is 1. The highest BCUT2D eigenvalue weighted by Crippen LogP contribution is 2.18. The van der Waals surface area contributed by atoms with Gasteiger partial charge in [0.1, 0.15) is 5.82 Å². The Labute approximate surface area is 155 Å². The average Bonchev–Trinajstić information content (AvgIpc) is 3.17. The molecule has 0 aliphatic carbocycles. The summed E-state index contributed by atoms with van der Waals surface area (Å²) in [6.07, 6.45) is 1.09. The van der Waals surface area contributed by atoms with E-state index in [4.69, 9.17) is 4.74 Å². The van der Waals surface area contributed by atoms with Gasteiger partial charge in [-0.05, 0) is 51.0 Å². The van der Waals surface area contributed by atoms with Crippen molar-refractivity contribution in [1.82, 2.24) is 20.2 Å². The van der Waals surface area contributed by atoms with Gasteiger partial charge in [-0.2, -0.15) is 0 Å². The number of aryl methyl sites for hydroxylation is 3. The van der Waals surface area contributed by atoms with E-state index in [-0.39, 0.29) is 18.1 Å². The Morgan fingerprint density at radius 1 is 1.35 bits per heavy atom. The van der Waals surface area contributed by atoms with Crippen molar-refractivity contribution < 1.29 is 9.53 Å². The maximum absolute atomic E-state index is 12.4. The third-order valence-corrected chi connectivity index (χ3v) is 5.41. The minimum atomic E-state index is 0.0514. The van der Waals surface area contributed by atoms with Gasteiger partial charge in [-0.3, -0.25) is 9.69 Å². The van der Waals surface area contributed by atoms with E-state index < -0.39 is 0 Å². The molecule has 1 aromatic heterocycles. The van der Waals surface area contributed by atoms with Crippen LogP contribution in [0.4, 0.5) is 0 Å². The fraction of sp³-hybridized carbons (Fsp3) is 0.600. The zero-order chi connectivity index (χ0) is 18.8. The van der Waals surface area contributed by atoms with E-state index in [1.54, 1.807) is 7.11 Å². The summed E-state index contributed by atoms with van der Waals surface area (Å²) in [7, 11) is 1.71. The van der Waals surface area contributed by atoms with E-state index in [0.717, 1.165) is 29.9 Å². The van der Waals surface area contributed by atoms with E-state index >= 15 is 0 Å². The maximum atomic E-state index is 12.4. The Hall–Kier alpha value is -1.92. The average molecular weight is 358 g/mol. The van der Waals surface area contributed by atoms with Crippen LogP contribution in [0.5, 0.6) is 0 Å². The molecule has 0 unspecified atom stereocenters. The predicted molar refractivity (Wildman–Crippen MR) is 103 cm³/mol. The van der Waals surface area contributed by atoms with E-state index in [1.807, 2.05) is 0 Å². The van der Waals surface area contributed by atoms with Gasteiger partial charge in [-0.15, -0.1) is 0 Å². The highest BCUT2D eigenvalue weighted by molar-refractivity contribution is 5.78. The summed E-state index contributed by atoms with van der Waals surface area (Å²) in [4.78, 5) is 22.7.